The molecular formula is C3H9O2S2Si. The van der Waals surface area contributed by atoms with E-state index in [4.69, 9.17) is 8.85 Å². The van der Waals surface area contributed by atoms with Crippen LogP contribution in [0.2, 0.25) is 6.55 Å². The van der Waals surface area contributed by atoms with Gasteiger partial charge in [0.15, 0.2) is 0 Å². The summed E-state index contributed by atoms with van der Waals surface area (Å²) in [6.45, 7) is 1.90. The maximum Gasteiger partial charge on any atom is 0.382 e. The van der Waals surface area contributed by atoms with Gasteiger partial charge in [-0.2, -0.15) is 25.3 Å². The molecule has 0 saturated heterocycles. The van der Waals surface area contributed by atoms with Gasteiger partial charge < -0.3 is 8.85 Å². The predicted octanol–water partition coefficient (Wildman–Crippen LogP) is 0.912. The Kier molecular flexibility index (Phi) is 6.59. The van der Waals surface area contributed by atoms with Gasteiger partial charge in [-0.05, 0) is 6.55 Å². The summed E-state index contributed by atoms with van der Waals surface area (Å²) in [4.78, 5) is 0. The van der Waals surface area contributed by atoms with E-state index in [2.05, 4.69) is 25.3 Å². The first-order valence-electron chi connectivity index (χ1n) is 2.12. The van der Waals surface area contributed by atoms with Crippen molar-refractivity contribution in [2.75, 3.05) is 11.9 Å². The lowest BCUT2D eigenvalue weighted by Gasteiger charge is -2.04. The number of hydrogen-bond donors (Lipinski definition) is 2. The average Bonchev–Trinajstić information content (AvgIpc) is 1.68. The minimum absolute atomic E-state index is 0.429. The van der Waals surface area contributed by atoms with E-state index in [1.54, 1.807) is 0 Å². The Labute approximate surface area is 62.2 Å². The van der Waals surface area contributed by atoms with Crippen molar-refractivity contribution in [2.45, 2.75) is 6.55 Å². The van der Waals surface area contributed by atoms with E-state index in [-0.39, 0.29) is 0 Å². The molecule has 0 heterocycles. The first-order chi connectivity index (χ1) is 3.81. The fraction of sp³-hybridized carbons (Fsp3) is 1.00. The molecule has 1 radical (unpaired) electrons. The first kappa shape index (κ1) is 8.84. The zero-order valence-electron chi connectivity index (χ0n) is 4.63. The second-order valence-electron chi connectivity index (χ2n) is 1.04. The Morgan fingerprint density at radius 1 is 1.25 bits per heavy atom. The van der Waals surface area contributed by atoms with Crippen LogP contribution in [0.4, 0.5) is 0 Å². The summed E-state index contributed by atoms with van der Waals surface area (Å²) in [5.74, 6) is 0.858. The molecular weight excluding hydrogens is 160 g/mol. The molecule has 5 heteroatoms. The van der Waals surface area contributed by atoms with E-state index in [1.165, 1.54) is 0 Å². The highest BCUT2D eigenvalue weighted by Crippen LogP contribution is 1.90. The fourth-order valence-electron chi connectivity index (χ4n) is 0.223. The van der Waals surface area contributed by atoms with E-state index in [0.29, 0.717) is 11.9 Å². The molecule has 0 saturated carbocycles. The van der Waals surface area contributed by atoms with Crippen molar-refractivity contribution < 1.29 is 8.85 Å². The van der Waals surface area contributed by atoms with E-state index >= 15 is 0 Å². The van der Waals surface area contributed by atoms with Crippen LogP contribution in [-0.2, 0) is 8.85 Å². The molecule has 0 aromatic rings. The largest absolute Gasteiger partial charge is 0.384 e. The number of thiol groups is 2. The van der Waals surface area contributed by atoms with Crippen molar-refractivity contribution in [3.63, 3.8) is 0 Å². The van der Waals surface area contributed by atoms with Crippen molar-refractivity contribution in [2.24, 2.45) is 0 Å². The molecule has 0 rings (SSSR count). The average molecular weight is 169 g/mol. The zero-order chi connectivity index (χ0) is 6.41. The molecule has 2 nitrogen and oxygen atoms in total. The van der Waals surface area contributed by atoms with Crippen LogP contribution in [0.15, 0.2) is 0 Å². The molecule has 0 atom stereocenters. The van der Waals surface area contributed by atoms with Gasteiger partial charge in [0.1, 0.15) is 0 Å². The van der Waals surface area contributed by atoms with Gasteiger partial charge in [0.2, 0.25) is 0 Å². The highest BCUT2D eigenvalue weighted by atomic mass is 32.1. The lowest BCUT2D eigenvalue weighted by atomic mass is 11.7. The van der Waals surface area contributed by atoms with Gasteiger partial charge in [0, 0.05) is 0 Å². The van der Waals surface area contributed by atoms with Gasteiger partial charge in [0.25, 0.3) is 0 Å². The molecule has 0 unspecified atom stereocenters. The monoisotopic (exact) mass is 169 g/mol. The smallest absolute Gasteiger partial charge is 0.382 e. The summed E-state index contributed by atoms with van der Waals surface area (Å²) in [6.07, 6.45) is 0. The Balaban J connectivity index is 2.92. The second-order valence-corrected chi connectivity index (χ2v) is 3.12. The minimum Gasteiger partial charge on any atom is -0.384 e. The zero-order valence-corrected chi connectivity index (χ0v) is 7.41. The van der Waals surface area contributed by atoms with Crippen LogP contribution < -0.4 is 0 Å². The quantitative estimate of drug-likeness (QED) is 0.370. The molecule has 0 aliphatic heterocycles. The van der Waals surface area contributed by atoms with Crippen LogP contribution in [0, 0.1) is 0 Å². The fourth-order valence-corrected chi connectivity index (χ4v) is 1.76. The maximum absolute atomic E-state index is 4.98. The molecule has 0 fully saturated rings. The van der Waals surface area contributed by atoms with E-state index in [0.717, 1.165) is 0 Å². The summed E-state index contributed by atoms with van der Waals surface area (Å²) in [7, 11) is -1.04. The Morgan fingerprint density at radius 3 is 1.88 bits per heavy atom. The Hall–Kier alpha value is 0.837. The number of hydrogen-bond acceptors (Lipinski definition) is 4. The van der Waals surface area contributed by atoms with Crippen LogP contribution in [0.1, 0.15) is 0 Å². The molecule has 0 spiro atoms. The maximum atomic E-state index is 4.98. The molecule has 49 valence electrons. The molecule has 0 bridgehead atoms. The lowest BCUT2D eigenvalue weighted by Crippen LogP contribution is -2.16. The van der Waals surface area contributed by atoms with E-state index in [9.17, 15) is 0 Å². The highest BCUT2D eigenvalue weighted by Gasteiger charge is 2.03. The third-order valence-corrected chi connectivity index (χ3v) is 2.38. The van der Waals surface area contributed by atoms with Gasteiger partial charge in [-0.3, -0.25) is 0 Å². The number of rotatable bonds is 4. The molecule has 0 N–H and O–H groups in total. The van der Waals surface area contributed by atoms with E-state index < -0.39 is 9.28 Å². The molecule has 8 heavy (non-hydrogen) atoms. The van der Waals surface area contributed by atoms with Gasteiger partial charge >= 0.3 is 9.28 Å². The molecule has 0 aliphatic carbocycles. The van der Waals surface area contributed by atoms with Gasteiger partial charge in [-0.15, -0.1) is 0 Å². The molecule has 0 aromatic carbocycles. The van der Waals surface area contributed by atoms with E-state index in [1.807, 2.05) is 6.55 Å². The summed E-state index contributed by atoms with van der Waals surface area (Å²) in [5, 5.41) is 0. The van der Waals surface area contributed by atoms with Crippen molar-refractivity contribution in [3.05, 3.63) is 0 Å². The van der Waals surface area contributed by atoms with Crippen LogP contribution in [0.3, 0.4) is 0 Å². The molecule has 0 aliphatic rings. The third kappa shape index (κ3) is 4.98. The Bertz CT molecular complexity index is 48.5. The SMILES string of the molecule is C[Si](OCS)OCS. The van der Waals surface area contributed by atoms with Crippen LogP contribution >= 0.6 is 25.3 Å². The summed E-state index contributed by atoms with van der Waals surface area (Å²) in [6, 6.07) is 0. The first-order valence-corrected chi connectivity index (χ1v) is 5.20. The van der Waals surface area contributed by atoms with Crippen molar-refractivity contribution in [1.29, 1.82) is 0 Å². The highest BCUT2D eigenvalue weighted by molar-refractivity contribution is 7.80. The summed E-state index contributed by atoms with van der Waals surface area (Å²) < 4.78 is 9.95. The van der Waals surface area contributed by atoms with Crippen molar-refractivity contribution >= 4 is 34.5 Å². The van der Waals surface area contributed by atoms with Crippen molar-refractivity contribution in [1.82, 2.24) is 0 Å². The molecule has 0 aromatic heterocycles. The lowest BCUT2D eigenvalue weighted by molar-refractivity contribution is 0.266. The van der Waals surface area contributed by atoms with Crippen LogP contribution in [0.5, 0.6) is 0 Å². The van der Waals surface area contributed by atoms with Crippen LogP contribution in [-0.4, -0.2) is 21.2 Å². The second kappa shape index (κ2) is 5.96. The minimum atomic E-state index is -1.04. The predicted molar refractivity (Wildman–Crippen MR) is 41.5 cm³/mol. The summed E-state index contributed by atoms with van der Waals surface area (Å²) in [5.41, 5.74) is 0. The topological polar surface area (TPSA) is 18.5 Å². The standard InChI is InChI=1S/C3H9O2S2Si/c1-8(4-2-6)5-3-7/h6-7H,2-3H2,1H3. The van der Waals surface area contributed by atoms with Gasteiger partial charge in [0.05, 0.1) is 11.9 Å². The van der Waals surface area contributed by atoms with Crippen LogP contribution in [0.25, 0.3) is 0 Å². The molecule has 0 amide bonds. The normalized spacial score (nSPS) is 10.5. The third-order valence-electron chi connectivity index (χ3n) is 0.536. The Morgan fingerprint density at radius 2 is 1.62 bits per heavy atom. The summed E-state index contributed by atoms with van der Waals surface area (Å²) >= 11 is 7.70. The van der Waals surface area contributed by atoms with Gasteiger partial charge in [-0.25, -0.2) is 0 Å². The van der Waals surface area contributed by atoms with Gasteiger partial charge in [-0.1, -0.05) is 0 Å². The van der Waals surface area contributed by atoms with Crippen molar-refractivity contribution in [3.8, 4) is 0 Å².